The van der Waals surface area contributed by atoms with Gasteiger partial charge < -0.3 is 0 Å². The molecule has 0 saturated heterocycles. The maximum absolute atomic E-state index is 2.27. The molecule has 0 radical (unpaired) electrons. The topological polar surface area (TPSA) is 0 Å². The van der Waals surface area contributed by atoms with Gasteiger partial charge in [-0.2, -0.15) is 0 Å². The average molecular weight is 236 g/mol. The largest absolute Gasteiger partial charge is 0.0617 e. The molecule has 0 aromatic heterocycles. The van der Waals surface area contributed by atoms with Crippen LogP contribution in [0.3, 0.4) is 0 Å². The highest BCUT2D eigenvalue weighted by molar-refractivity contribution is 5.85. The fourth-order valence-corrected chi connectivity index (χ4v) is 2.12. The standard InChI is InChI=1S/C18H20/c1-13-7-5-8-14(2)16(4)12-17-10-6-9-15(3)18(17)11-13/h5-12H,1-4H3. The molecule has 0 aliphatic carbocycles. The zero-order valence-corrected chi connectivity index (χ0v) is 11.6. The summed E-state index contributed by atoms with van der Waals surface area (Å²) in [6, 6.07) is 17.5. The molecule has 0 aliphatic heterocycles. The van der Waals surface area contributed by atoms with Gasteiger partial charge in [-0.25, -0.2) is 0 Å². The lowest BCUT2D eigenvalue weighted by molar-refractivity contribution is 1.36. The normalized spacial score (nSPS) is 10.2. The third kappa shape index (κ3) is 2.70. The van der Waals surface area contributed by atoms with Gasteiger partial charge in [0.05, 0.1) is 0 Å². The molecule has 0 spiro atoms. The SMILES string of the molecule is Cc1cccc(C)c(C)cc2cccc(C)c2c1. The van der Waals surface area contributed by atoms with E-state index in [1.165, 1.54) is 33.0 Å². The van der Waals surface area contributed by atoms with Crippen molar-refractivity contribution in [1.29, 1.82) is 0 Å². The first-order valence-corrected chi connectivity index (χ1v) is 6.39. The molecule has 18 heavy (non-hydrogen) atoms. The van der Waals surface area contributed by atoms with Crippen LogP contribution in [0.1, 0.15) is 22.3 Å². The molecular weight excluding hydrogens is 216 g/mol. The Hall–Kier alpha value is -1.82. The van der Waals surface area contributed by atoms with Crippen molar-refractivity contribution in [3.63, 3.8) is 0 Å². The van der Waals surface area contributed by atoms with Crippen LogP contribution in [0.5, 0.6) is 0 Å². The summed E-state index contributed by atoms with van der Waals surface area (Å²) < 4.78 is 0. The van der Waals surface area contributed by atoms with E-state index in [1.807, 2.05) is 0 Å². The molecule has 0 fully saturated rings. The van der Waals surface area contributed by atoms with Crippen LogP contribution in [0.2, 0.25) is 0 Å². The van der Waals surface area contributed by atoms with Crippen molar-refractivity contribution in [1.82, 2.24) is 0 Å². The summed E-state index contributed by atoms with van der Waals surface area (Å²) in [5.74, 6) is 0. The van der Waals surface area contributed by atoms with Crippen molar-refractivity contribution in [2.75, 3.05) is 0 Å². The summed E-state index contributed by atoms with van der Waals surface area (Å²) in [4.78, 5) is 0. The highest BCUT2D eigenvalue weighted by Crippen LogP contribution is 2.18. The van der Waals surface area contributed by atoms with Crippen LogP contribution in [0.4, 0.5) is 0 Å². The summed E-state index contributed by atoms with van der Waals surface area (Å²) in [6.45, 7) is 8.65. The highest BCUT2D eigenvalue weighted by Gasteiger charge is 1.95. The van der Waals surface area contributed by atoms with Gasteiger partial charge in [0.25, 0.3) is 0 Å². The predicted octanol–water partition coefficient (Wildman–Crippen LogP) is 5.20. The molecule has 0 atom stereocenters. The number of hydrogen-bond donors (Lipinski definition) is 0. The second-order valence-electron chi connectivity index (χ2n) is 5.00. The Kier molecular flexibility index (Phi) is 3.66. The van der Waals surface area contributed by atoms with Crippen molar-refractivity contribution >= 4 is 10.8 Å². The zero-order chi connectivity index (χ0) is 13.1. The lowest BCUT2D eigenvalue weighted by Crippen LogP contribution is -1.80. The second-order valence-corrected chi connectivity index (χ2v) is 5.00. The van der Waals surface area contributed by atoms with Gasteiger partial charge in [0, 0.05) is 0 Å². The van der Waals surface area contributed by atoms with Gasteiger partial charge in [-0.15, -0.1) is 0 Å². The zero-order valence-electron chi connectivity index (χ0n) is 11.6. The van der Waals surface area contributed by atoms with E-state index in [-0.39, 0.29) is 0 Å². The van der Waals surface area contributed by atoms with E-state index in [9.17, 15) is 0 Å². The molecule has 0 bridgehead atoms. The molecule has 0 N–H and O–H groups in total. The first-order chi connectivity index (χ1) is 8.58. The van der Waals surface area contributed by atoms with Gasteiger partial charge in [-0.05, 0) is 55.2 Å². The first-order valence-electron chi connectivity index (χ1n) is 6.39. The molecule has 0 aliphatic rings. The molecule has 2 rings (SSSR count). The van der Waals surface area contributed by atoms with Crippen molar-refractivity contribution in [3.05, 3.63) is 70.8 Å². The van der Waals surface area contributed by atoms with Gasteiger partial charge in [-0.3, -0.25) is 0 Å². The van der Waals surface area contributed by atoms with Gasteiger partial charge >= 0.3 is 0 Å². The smallest absolute Gasteiger partial charge is 0.0152 e. The van der Waals surface area contributed by atoms with E-state index in [2.05, 4.69) is 76.2 Å². The Balaban J connectivity index is 2.98. The van der Waals surface area contributed by atoms with E-state index < -0.39 is 0 Å². The van der Waals surface area contributed by atoms with Crippen LogP contribution >= 0.6 is 0 Å². The van der Waals surface area contributed by atoms with Crippen LogP contribution < -0.4 is 0 Å². The monoisotopic (exact) mass is 236 g/mol. The number of fused-ring (bicyclic) bond motifs is 1. The highest BCUT2D eigenvalue weighted by atomic mass is 14.0. The van der Waals surface area contributed by atoms with Crippen LogP contribution in [0.25, 0.3) is 10.8 Å². The van der Waals surface area contributed by atoms with E-state index >= 15 is 0 Å². The Morgan fingerprint density at radius 3 is 2.06 bits per heavy atom. The Bertz CT molecular complexity index is 635. The molecule has 0 amide bonds. The maximum Gasteiger partial charge on any atom is -0.0152 e. The molecule has 2 aromatic carbocycles. The van der Waals surface area contributed by atoms with Crippen LogP contribution in [-0.4, -0.2) is 0 Å². The van der Waals surface area contributed by atoms with E-state index in [1.54, 1.807) is 0 Å². The van der Waals surface area contributed by atoms with Crippen molar-refractivity contribution < 1.29 is 0 Å². The van der Waals surface area contributed by atoms with Crippen molar-refractivity contribution in [2.24, 2.45) is 0 Å². The van der Waals surface area contributed by atoms with Crippen LogP contribution in [0, 0.1) is 27.7 Å². The Morgan fingerprint density at radius 2 is 1.28 bits per heavy atom. The van der Waals surface area contributed by atoms with Gasteiger partial charge in [0.2, 0.25) is 0 Å². The average Bonchev–Trinajstić information content (AvgIpc) is 2.32. The van der Waals surface area contributed by atoms with E-state index in [0.29, 0.717) is 0 Å². The molecule has 2 aromatic rings. The van der Waals surface area contributed by atoms with Crippen molar-refractivity contribution in [2.45, 2.75) is 27.7 Å². The van der Waals surface area contributed by atoms with Crippen molar-refractivity contribution in [3.8, 4) is 0 Å². The minimum absolute atomic E-state index is 1.28. The van der Waals surface area contributed by atoms with Crippen LogP contribution in [0.15, 0.2) is 48.5 Å². The fourth-order valence-electron chi connectivity index (χ4n) is 2.12. The number of hydrogen-bond acceptors (Lipinski definition) is 0. The minimum atomic E-state index is 1.28. The van der Waals surface area contributed by atoms with Gasteiger partial charge in [0.1, 0.15) is 0 Å². The number of rotatable bonds is 0. The molecule has 0 saturated carbocycles. The van der Waals surface area contributed by atoms with Gasteiger partial charge in [-0.1, -0.05) is 54.1 Å². The maximum atomic E-state index is 2.27. The third-order valence-corrected chi connectivity index (χ3v) is 3.43. The van der Waals surface area contributed by atoms with Crippen LogP contribution in [-0.2, 0) is 0 Å². The Morgan fingerprint density at radius 1 is 0.611 bits per heavy atom. The summed E-state index contributed by atoms with van der Waals surface area (Å²) in [7, 11) is 0. The third-order valence-electron chi connectivity index (χ3n) is 3.43. The minimum Gasteiger partial charge on any atom is -0.0617 e. The molecular formula is C18H20. The molecule has 92 valence electrons. The number of benzene rings is 1. The summed E-state index contributed by atoms with van der Waals surface area (Å²) in [5.41, 5.74) is 5.24. The fraction of sp³-hybridized carbons (Fsp3) is 0.222. The summed E-state index contributed by atoms with van der Waals surface area (Å²) in [6.07, 6.45) is 0. The second kappa shape index (κ2) is 5.22. The summed E-state index contributed by atoms with van der Waals surface area (Å²) in [5, 5.41) is 2.63. The molecule has 0 unspecified atom stereocenters. The number of aryl methyl sites for hydroxylation is 4. The molecule has 0 heterocycles. The quantitative estimate of drug-likeness (QED) is 0.590. The van der Waals surface area contributed by atoms with Gasteiger partial charge in [0.15, 0.2) is 0 Å². The lowest BCUT2D eigenvalue weighted by Gasteiger charge is -2.02. The Labute approximate surface area is 110 Å². The molecule has 0 nitrogen and oxygen atoms in total. The van der Waals surface area contributed by atoms with E-state index in [4.69, 9.17) is 0 Å². The summed E-state index contributed by atoms with van der Waals surface area (Å²) >= 11 is 0. The lowest BCUT2D eigenvalue weighted by atomic mass is 10.0. The van der Waals surface area contributed by atoms with E-state index in [0.717, 1.165) is 0 Å². The molecule has 0 heteroatoms. The predicted molar refractivity (Wildman–Crippen MR) is 80.5 cm³/mol. The first kappa shape index (κ1) is 12.6.